The molecular formula is C14H23N3O. The average molecular weight is 249 g/mol. The molecule has 0 N–H and O–H groups in total. The Balaban J connectivity index is 2.29. The molecule has 0 spiro atoms. The van der Waals surface area contributed by atoms with Crippen molar-refractivity contribution in [1.29, 1.82) is 0 Å². The SMILES string of the molecule is Cc1c(C(=O)CC(C)C)nn2c1CN(C)CCC2. The van der Waals surface area contributed by atoms with Gasteiger partial charge in [0.1, 0.15) is 5.69 Å². The van der Waals surface area contributed by atoms with Crippen molar-refractivity contribution in [3.05, 3.63) is 17.0 Å². The minimum Gasteiger partial charge on any atom is -0.300 e. The monoisotopic (exact) mass is 249 g/mol. The Morgan fingerprint density at radius 1 is 1.39 bits per heavy atom. The van der Waals surface area contributed by atoms with Gasteiger partial charge in [0.25, 0.3) is 0 Å². The van der Waals surface area contributed by atoms with Gasteiger partial charge in [0.2, 0.25) is 0 Å². The van der Waals surface area contributed by atoms with Crippen LogP contribution in [0.5, 0.6) is 0 Å². The maximum atomic E-state index is 12.2. The van der Waals surface area contributed by atoms with E-state index in [0.717, 1.165) is 31.6 Å². The number of aryl methyl sites for hydroxylation is 1. The zero-order chi connectivity index (χ0) is 13.3. The van der Waals surface area contributed by atoms with Gasteiger partial charge in [0.05, 0.1) is 5.69 Å². The fourth-order valence-electron chi connectivity index (χ4n) is 2.53. The molecule has 1 aromatic heterocycles. The van der Waals surface area contributed by atoms with Crippen LogP contribution >= 0.6 is 0 Å². The average Bonchev–Trinajstić information content (AvgIpc) is 2.47. The van der Waals surface area contributed by atoms with Crippen molar-refractivity contribution < 1.29 is 4.79 Å². The Kier molecular flexibility index (Phi) is 3.85. The zero-order valence-corrected chi connectivity index (χ0v) is 11.9. The first-order chi connectivity index (χ1) is 8.49. The summed E-state index contributed by atoms with van der Waals surface area (Å²) in [5.41, 5.74) is 2.98. The van der Waals surface area contributed by atoms with E-state index in [1.54, 1.807) is 0 Å². The van der Waals surface area contributed by atoms with Crippen molar-refractivity contribution >= 4 is 5.78 Å². The van der Waals surface area contributed by atoms with E-state index in [2.05, 4.69) is 30.9 Å². The predicted molar refractivity (Wildman–Crippen MR) is 71.7 cm³/mol. The molecule has 0 saturated carbocycles. The number of Topliss-reactive ketones (excluding diaryl/α,β-unsaturated/α-hetero) is 1. The van der Waals surface area contributed by atoms with Crippen LogP contribution < -0.4 is 0 Å². The largest absolute Gasteiger partial charge is 0.300 e. The van der Waals surface area contributed by atoms with E-state index in [0.29, 0.717) is 18.0 Å². The number of aromatic nitrogens is 2. The van der Waals surface area contributed by atoms with Crippen LogP contribution in [0.2, 0.25) is 0 Å². The van der Waals surface area contributed by atoms with Crippen LogP contribution in [0.4, 0.5) is 0 Å². The van der Waals surface area contributed by atoms with E-state index < -0.39 is 0 Å². The topological polar surface area (TPSA) is 38.1 Å². The molecule has 4 nitrogen and oxygen atoms in total. The summed E-state index contributed by atoms with van der Waals surface area (Å²) in [6, 6.07) is 0. The summed E-state index contributed by atoms with van der Waals surface area (Å²) in [6.07, 6.45) is 1.69. The van der Waals surface area contributed by atoms with Gasteiger partial charge in [-0.05, 0) is 26.3 Å². The number of rotatable bonds is 3. The van der Waals surface area contributed by atoms with Crippen molar-refractivity contribution in [2.45, 2.75) is 46.7 Å². The summed E-state index contributed by atoms with van der Waals surface area (Å²) in [4.78, 5) is 14.5. The molecule has 1 aliphatic rings. The Hall–Kier alpha value is -1.16. The van der Waals surface area contributed by atoms with Crippen LogP contribution in [0.3, 0.4) is 0 Å². The van der Waals surface area contributed by atoms with Gasteiger partial charge in [-0.2, -0.15) is 5.10 Å². The smallest absolute Gasteiger partial charge is 0.183 e. The first kappa shape index (κ1) is 13.3. The molecule has 0 radical (unpaired) electrons. The third-order valence-electron chi connectivity index (χ3n) is 3.51. The first-order valence-corrected chi connectivity index (χ1v) is 6.77. The Morgan fingerprint density at radius 2 is 2.11 bits per heavy atom. The molecule has 0 aromatic carbocycles. The molecule has 0 fully saturated rings. The molecule has 0 amide bonds. The lowest BCUT2D eigenvalue weighted by Crippen LogP contribution is -2.17. The minimum atomic E-state index is 0.186. The highest BCUT2D eigenvalue weighted by molar-refractivity contribution is 5.95. The lowest BCUT2D eigenvalue weighted by molar-refractivity contribution is 0.0961. The maximum absolute atomic E-state index is 12.2. The van der Waals surface area contributed by atoms with Gasteiger partial charge >= 0.3 is 0 Å². The second-order valence-corrected chi connectivity index (χ2v) is 5.76. The van der Waals surface area contributed by atoms with Crippen molar-refractivity contribution in [3.63, 3.8) is 0 Å². The van der Waals surface area contributed by atoms with Crippen LogP contribution in [0.15, 0.2) is 0 Å². The molecule has 100 valence electrons. The fraction of sp³-hybridized carbons (Fsp3) is 0.714. The van der Waals surface area contributed by atoms with Crippen molar-refractivity contribution in [3.8, 4) is 0 Å². The quantitative estimate of drug-likeness (QED) is 0.771. The van der Waals surface area contributed by atoms with Crippen molar-refractivity contribution in [2.24, 2.45) is 5.92 Å². The molecule has 2 heterocycles. The second kappa shape index (κ2) is 5.22. The van der Waals surface area contributed by atoms with Crippen molar-refractivity contribution in [2.75, 3.05) is 13.6 Å². The molecule has 18 heavy (non-hydrogen) atoms. The van der Waals surface area contributed by atoms with E-state index in [9.17, 15) is 4.79 Å². The molecule has 0 aliphatic carbocycles. The van der Waals surface area contributed by atoms with Crippen LogP contribution in [0, 0.1) is 12.8 Å². The molecule has 4 heteroatoms. The fourth-order valence-corrected chi connectivity index (χ4v) is 2.53. The summed E-state index contributed by atoms with van der Waals surface area (Å²) in [5, 5.41) is 4.54. The second-order valence-electron chi connectivity index (χ2n) is 5.76. The van der Waals surface area contributed by atoms with Gasteiger partial charge in [0.15, 0.2) is 5.78 Å². The van der Waals surface area contributed by atoms with Gasteiger partial charge in [-0.15, -0.1) is 0 Å². The normalized spacial score (nSPS) is 16.7. The standard InChI is InChI=1S/C14H23N3O/c1-10(2)8-13(18)14-11(3)12-9-16(4)6-5-7-17(12)15-14/h10H,5-9H2,1-4H3. The number of ketones is 1. The zero-order valence-electron chi connectivity index (χ0n) is 11.9. The molecular weight excluding hydrogens is 226 g/mol. The van der Waals surface area contributed by atoms with Gasteiger partial charge in [0, 0.05) is 31.6 Å². The van der Waals surface area contributed by atoms with Crippen LogP contribution in [-0.2, 0) is 13.1 Å². The summed E-state index contributed by atoms with van der Waals surface area (Å²) < 4.78 is 2.03. The molecule has 1 aliphatic heterocycles. The van der Waals surface area contributed by atoms with Crippen molar-refractivity contribution in [1.82, 2.24) is 14.7 Å². The Bertz CT molecular complexity index is 448. The molecule has 0 bridgehead atoms. The van der Waals surface area contributed by atoms with E-state index in [4.69, 9.17) is 0 Å². The highest BCUT2D eigenvalue weighted by Gasteiger charge is 2.22. The highest BCUT2D eigenvalue weighted by Crippen LogP contribution is 2.20. The van der Waals surface area contributed by atoms with E-state index >= 15 is 0 Å². The van der Waals surface area contributed by atoms with Crippen LogP contribution in [0.25, 0.3) is 0 Å². The molecule has 0 unspecified atom stereocenters. The van der Waals surface area contributed by atoms with Crippen LogP contribution in [-0.4, -0.2) is 34.1 Å². The molecule has 1 aromatic rings. The predicted octanol–water partition coefficient (Wildman–Crippen LogP) is 2.26. The van der Waals surface area contributed by atoms with Gasteiger partial charge in [-0.3, -0.25) is 9.48 Å². The summed E-state index contributed by atoms with van der Waals surface area (Å²) in [6.45, 7) is 9.09. The molecule has 0 saturated heterocycles. The first-order valence-electron chi connectivity index (χ1n) is 6.77. The third-order valence-corrected chi connectivity index (χ3v) is 3.51. The minimum absolute atomic E-state index is 0.186. The Labute approximate surface area is 109 Å². The third kappa shape index (κ3) is 2.64. The lowest BCUT2D eigenvalue weighted by Gasteiger charge is -2.12. The number of hydrogen-bond acceptors (Lipinski definition) is 3. The number of carbonyl (C=O) groups excluding carboxylic acids is 1. The van der Waals surface area contributed by atoms with Gasteiger partial charge < -0.3 is 4.90 Å². The van der Waals surface area contributed by atoms with E-state index in [-0.39, 0.29) is 5.78 Å². The van der Waals surface area contributed by atoms with Crippen LogP contribution in [0.1, 0.15) is 48.4 Å². The number of fused-ring (bicyclic) bond motifs is 1. The summed E-state index contributed by atoms with van der Waals surface area (Å²) in [5.74, 6) is 0.576. The molecule has 2 rings (SSSR count). The number of hydrogen-bond donors (Lipinski definition) is 0. The highest BCUT2D eigenvalue weighted by atomic mass is 16.1. The number of nitrogens with zero attached hydrogens (tertiary/aromatic N) is 3. The van der Waals surface area contributed by atoms with E-state index in [1.165, 1.54) is 5.69 Å². The summed E-state index contributed by atoms with van der Waals surface area (Å²) in [7, 11) is 2.12. The Morgan fingerprint density at radius 3 is 2.78 bits per heavy atom. The molecule has 0 atom stereocenters. The van der Waals surface area contributed by atoms with E-state index in [1.807, 2.05) is 11.6 Å². The van der Waals surface area contributed by atoms with Gasteiger partial charge in [-0.1, -0.05) is 13.8 Å². The summed E-state index contributed by atoms with van der Waals surface area (Å²) >= 11 is 0. The maximum Gasteiger partial charge on any atom is 0.183 e. The van der Waals surface area contributed by atoms with Gasteiger partial charge in [-0.25, -0.2) is 0 Å². The number of carbonyl (C=O) groups is 1. The lowest BCUT2D eigenvalue weighted by atomic mass is 10.0.